The van der Waals surface area contributed by atoms with E-state index in [4.69, 9.17) is 4.74 Å². The average Bonchev–Trinajstić information content (AvgIpc) is 2.64. The monoisotopic (exact) mass is 380 g/mol. The molecule has 0 aliphatic carbocycles. The Morgan fingerprint density at radius 3 is 2.33 bits per heavy atom. The highest BCUT2D eigenvalue weighted by molar-refractivity contribution is 5.94. The van der Waals surface area contributed by atoms with Gasteiger partial charge < -0.3 is 15.4 Å². The molecule has 0 radical (unpaired) electrons. The highest BCUT2D eigenvalue weighted by Crippen LogP contribution is 2.26. The fraction of sp³-hybridized carbons (Fsp3) is 0.263. The van der Waals surface area contributed by atoms with Gasteiger partial charge in [0.2, 0.25) is 5.91 Å². The molecule has 0 unspecified atom stereocenters. The molecule has 0 saturated carbocycles. The Hall–Kier alpha value is -3.03. The number of alkyl halides is 3. The maximum atomic E-state index is 12.3. The quantitative estimate of drug-likeness (QED) is 0.685. The van der Waals surface area contributed by atoms with Crippen LogP contribution in [0.15, 0.2) is 54.6 Å². The van der Waals surface area contributed by atoms with Gasteiger partial charge in [0.05, 0.1) is 5.69 Å². The standard InChI is InChI=1S/C19H19F3N2O3/c20-19(21,22)13-27-16-10-5-4-9-15(16)24-17(25)11-6-12-23-18(26)14-7-2-1-3-8-14/h1-5,7-10H,6,11-13H2,(H,23,26)(H,24,25). The van der Waals surface area contributed by atoms with Crippen LogP contribution in [0.3, 0.4) is 0 Å². The van der Waals surface area contributed by atoms with Crippen LogP contribution in [0.25, 0.3) is 0 Å². The summed E-state index contributed by atoms with van der Waals surface area (Å²) in [7, 11) is 0. The summed E-state index contributed by atoms with van der Waals surface area (Å²) < 4.78 is 41.6. The minimum absolute atomic E-state index is 0.0550. The minimum atomic E-state index is -4.46. The van der Waals surface area contributed by atoms with Gasteiger partial charge in [-0.05, 0) is 30.7 Å². The normalized spacial score (nSPS) is 10.9. The molecule has 2 amide bonds. The molecule has 144 valence electrons. The molecule has 2 rings (SSSR count). The number of para-hydroxylation sites is 2. The Kier molecular flexibility index (Phi) is 7.22. The van der Waals surface area contributed by atoms with Crippen LogP contribution in [0, 0.1) is 0 Å². The molecule has 0 atom stereocenters. The number of anilines is 1. The lowest BCUT2D eigenvalue weighted by atomic mass is 10.2. The van der Waals surface area contributed by atoms with Crippen molar-refractivity contribution in [3.63, 3.8) is 0 Å². The van der Waals surface area contributed by atoms with Crippen LogP contribution in [-0.4, -0.2) is 31.1 Å². The smallest absolute Gasteiger partial charge is 0.422 e. The summed E-state index contributed by atoms with van der Waals surface area (Å²) in [5.41, 5.74) is 0.692. The van der Waals surface area contributed by atoms with Gasteiger partial charge in [-0.3, -0.25) is 9.59 Å². The number of hydrogen-bond donors (Lipinski definition) is 2. The van der Waals surface area contributed by atoms with Crippen LogP contribution in [0.5, 0.6) is 5.75 Å². The zero-order chi connectivity index (χ0) is 19.7. The second kappa shape index (κ2) is 9.61. The van der Waals surface area contributed by atoms with Crippen LogP contribution in [0.1, 0.15) is 23.2 Å². The Bertz CT molecular complexity index is 764. The lowest BCUT2D eigenvalue weighted by Crippen LogP contribution is -2.25. The van der Waals surface area contributed by atoms with E-state index in [0.717, 1.165) is 0 Å². The molecular formula is C19H19F3N2O3. The van der Waals surface area contributed by atoms with Crippen molar-refractivity contribution in [2.24, 2.45) is 0 Å². The van der Waals surface area contributed by atoms with Crippen LogP contribution in [-0.2, 0) is 4.79 Å². The number of amides is 2. The van der Waals surface area contributed by atoms with Gasteiger partial charge in [0.25, 0.3) is 5.91 Å². The summed E-state index contributed by atoms with van der Waals surface area (Å²) in [6, 6.07) is 14.6. The van der Waals surface area contributed by atoms with Crippen molar-refractivity contribution in [1.82, 2.24) is 5.32 Å². The molecule has 0 aliphatic heterocycles. The summed E-state index contributed by atoms with van der Waals surface area (Å²) in [6.45, 7) is -1.14. The van der Waals surface area contributed by atoms with E-state index in [1.165, 1.54) is 18.2 Å². The van der Waals surface area contributed by atoms with Gasteiger partial charge in [0, 0.05) is 18.5 Å². The maximum absolute atomic E-state index is 12.3. The number of nitrogens with one attached hydrogen (secondary N) is 2. The van der Waals surface area contributed by atoms with Crippen molar-refractivity contribution < 1.29 is 27.5 Å². The zero-order valence-electron chi connectivity index (χ0n) is 14.4. The summed E-state index contributed by atoms with van der Waals surface area (Å²) in [5, 5.41) is 5.22. The summed E-state index contributed by atoms with van der Waals surface area (Å²) in [6.07, 6.45) is -3.98. The van der Waals surface area contributed by atoms with E-state index in [2.05, 4.69) is 10.6 Å². The van der Waals surface area contributed by atoms with Gasteiger partial charge >= 0.3 is 6.18 Å². The van der Waals surface area contributed by atoms with Gasteiger partial charge in [-0.15, -0.1) is 0 Å². The third-order valence-electron chi connectivity index (χ3n) is 3.45. The minimum Gasteiger partial charge on any atom is -0.482 e. The van der Waals surface area contributed by atoms with Gasteiger partial charge in [-0.25, -0.2) is 0 Å². The topological polar surface area (TPSA) is 67.4 Å². The molecule has 0 spiro atoms. The van der Waals surface area contributed by atoms with E-state index in [-0.39, 0.29) is 29.7 Å². The van der Waals surface area contributed by atoms with Gasteiger partial charge in [0.1, 0.15) is 5.75 Å². The highest BCUT2D eigenvalue weighted by Gasteiger charge is 2.28. The summed E-state index contributed by atoms with van der Waals surface area (Å²) in [5.74, 6) is -0.672. The lowest BCUT2D eigenvalue weighted by molar-refractivity contribution is -0.153. The van der Waals surface area contributed by atoms with Crippen molar-refractivity contribution in [2.75, 3.05) is 18.5 Å². The second-order valence-electron chi connectivity index (χ2n) is 5.67. The number of carbonyl (C=O) groups excluding carboxylic acids is 2. The first-order chi connectivity index (χ1) is 12.8. The van der Waals surface area contributed by atoms with E-state index < -0.39 is 12.8 Å². The molecule has 5 nitrogen and oxygen atoms in total. The van der Waals surface area contributed by atoms with E-state index in [0.29, 0.717) is 18.5 Å². The predicted octanol–water partition coefficient (Wildman–Crippen LogP) is 3.78. The molecule has 0 bridgehead atoms. The van der Waals surface area contributed by atoms with E-state index in [1.54, 1.807) is 36.4 Å². The van der Waals surface area contributed by atoms with E-state index in [9.17, 15) is 22.8 Å². The molecule has 2 aromatic rings. The van der Waals surface area contributed by atoms with Crippen LogP contribution in [0.4, 0.5) is 18.9 Å². The fourth-order valence-electron chi connectivity index (χ4n) is 2.21. The number of carbonyl (C=O) groups is 2. The largest absolute Gasteiger partial charge is 0.482 e. The maximum Gasteiger partial charge on any atom is 0.422 e. The molecule has 0 aromatic heterocycles. The van der Waals surface area contributed by atoms with Gasteiger partial charge in [-0.1, -0.05) is 30.3 Å². The first kappa shape index (κ1) is 20.3. The third-order valence-corrected chi connectivity index (χ3v) is 3.45. The first-order valence-corrected chi connectivity index (χ1v) is 8.27. The molecular weight excluding hydrogens is 361 g/mol. The Morgan fingerprint density at radius 2 is 1.63 bits per heavy atom. The average molecular weight is 380 g/mol. The van der Waals surface area contributed by atoms with Crippen molar-refractivity contribution in [2.45, 2.75) is 19.0 Å². The van der Waals surface area contributed by atoms with Crippen LogP contribution >= 0.6 is 0 Å². The Labute approximate surface area is 154 Å². The third kappa shape index (κ3) is 7.39. The first-order valence-electron chi connectivity index (χ1n) is 8.27. The molecule has 2 N–H and O–H groups in total. The molecule has 8 heteroatoms. The predicted molar refractivity (Wildman–Crippen MR) is 94.6 cm³/mol. The number of hydrogen-bond acceptors (Lipinski definition) is 3. The number of rotatable bonds is 8. The van der Waals surface area contributed by atoms with Gasteiger partial charge in [0.15, 0.2) is 6.61 Å². The van der Waals surface area contributed by atoms with Crippen molar-refractivity contribution in [3.05, 3.63) is 60.2 Å². The summed E-state index contributed by atoms with van der Waals surface area (Å²) in [4.78, 5) is 23.8. The molecule has 0 heterocycles. The molecule has 0 fully saturated rings. The fourth-order valence-corrected chi connectivity index (χ4v) is 2.21. The molecule has 2 aromatic carbocycles. The van der Waals surface area contributed by atoms with Crippen molar-refractivity contribution in [3.8, 4) is 5.75 Å². The molecule has 0 aliphatic rings. The van der Waals surface area contributed by atoms with Crippen molar-refractivity contribution in [1.29, 1.82) is 0 Å². The summed E-state index contributed by atoms with van der Waals surface area (Å²) >= 11 is 0. The van der Waals surface area contributed by atoms with Gasteiger partial charge in [-0.2, -0.15) is 13.2 Å². The highest BCUT2D eigenvalue weighted by atomic mass is 19.4. The molecule has 27 heavy (non-hydrogen) atoms. The SMILES string of the molecule is O=C(CCCNC(=O)c1ccccc1)Nc1ccccc1OCC(F)(F)F. The number of ether oxygens (including phenoxy) is 1. The second-order valence-corrected chi connectivity index (χ2v) is 5.67. The van der Waals surface area contributed by atoms with Crippen LogP contribution < -0.4 is 15.4 Å². The number of benzene rings is 2. The van der Waals surface area contributed by atoms with E-state index in [1.807, 2.05) is 0 Å². The van der Waals surface area contributed by atoms with Crippen LogP contribution in [0.2, 0.25) is 0 Å². The molecule has 0 saturated heterocycles. The number of halogens is 3. The van der Waals surface area contributed by atoms with E-state index >= 15 is 0 Å². The van der Waals surface area contributed by atoms with Crippen molar-refractivity contribution >= 4 is 17.5 Å². The Morgan fingerprint density at radius 1 is 0.963 bits per heavy atom. The lowest BCUT2D eigenvalue weighted by Gasteiger charge is -2.13. The Balaban J connectivity index is 1.76. The zero-order valence-corrected chi connectivity index (χ0v) is 14.4.